The molecule has 0 heterocycles. The lowest BCUT2D eigenvalue weighted by Gasteiger charge is -2.33. The first-order valence-corrected chi connectivity index (χ1v) is 10.4. The Morgan fingerprint density at radius 3 is 1.72 bits per heavy atom. The van der Waals surface area contributed by atoms with E-state index in [0.29, 0.717) is 5.67 Å². The molecule has 0 bridgehead atoms. The predicted octanol–water partition coefficient (Wildman–Crippen LogP) is 1.53. The Morgan fingerprint density at radius 2 is 1.33 bits per heavy atom. The molecule has 0 aromatic heterocycles. The minimum Gasteiger partial charge on any atom is -0.416 e. The van der Waals surface area contributed by atoms with Crippen molar-refractivity contribution in [2.75, 3.05) is 28.4 Å². The Morgan fingerprint density at radius 1 is 0.833 bits per heavy atom. The van der Waals surface area contributed by atoms with Crippen molar-refractivity contribution in [3.05, 3.63) is 30.3 Å². The van der Waals surface area contributed by atoms with Gasteiger partial charge in [0, 0.05) is 34.1 Å². The molecule has 1 atom stereocenters. The summed E-state index contributed by atoms with van der Waals surface area (Å²) in [5.41, 5.74) is 0.698. The Kier molecular flexibility index (Phi) is 5.70. The maximum Gasteiger partial charge on any atom is 0.499 e. The van der Waals surface area contributed by atoms with E-state index >= 15 is 0 Å². The molecule has 0 N–H and O–H groups in total. The van der Waals surface area contributed by atoms with Crippen LogP contribution in [0.25, 0.3) is 0 Å². The number of benzene rings is 1. The molecule has 0 saturated carbocycles. The average molecular weight is 286 g/mol. The fourth-order valence-corrected chi connectivity index (χ4v) is 10.0. The Hall–Kier alpha value is -0.506. The van der Waals surface area contributed by atoms with Gasteiger partial charge in [0.25, 0.3) is 0 Å². The predicted molar refractivity (Wildman–Crippen MR) is 76.3 cm³/mol. The van der Waals surface area contributed by atoms with Gasteiger partial charge in [0.1, 0.15) is 0 Å². The highest BCUT2D eigenvalue weighted by molar-refractivity contribution is 6.94. The third-order valence-electron chi connectivity index (χ3n) is 3.32. The smallest absolute Gasteiger partial charge is 0.416 e. The van der Waals surface area contributed by atoms with E-state index < -0.39 is 17.1 Å². The van der Waals surface area contributed by atoms with Crippen molar-refractivity contribution < 1.29 is 17.7 Å². The molecule has 1 aromatic carbocycles. The summed E-state index contributed by atoms with van der Waals surface area (Å²) < 4.78 is 22.3. The zero-order chi connectivity index (χ0) is 13.6. The van der Waals surface area contributed by atoms with Crippen LogP contribution in [0.15, 0.2) is 30.3 Å². The van der Waals surface area contributed by atoms with Crippen LogP contribution < -0.4 is 5.19 Å². The van der Waals surface area contributed by atoms with Gasteiger partial charge in [0.05, 0.1) is 0 Å². The molecule has 0 fully saturated rings. The summed E-state index contributed by atoms with van der Waals surface area (Å²) in [5.74, 6) is 0. The van der Waals surface area contributed by atoms with Gasteiger partial charge in [-0.2, -0.15) is 0 Å². The van der Waals surface area contributed by atoms with Gasteiger partial charge in [0.2, 0.25) is 8.32 Å². The molecule has 1 unspecified atom stereocenters. The minimum atomic E-state index is -2.62. The molecule has 6 heteroatoms. The van der Waals surface area contributed by atoms with Gasteiger partial charge in [-0.25, -0.2) is 0 Å². The van der Waals surface area contributed by atoms with Crippen LogP contribution in [0.1, 0.15) is 0 Å². The standard InChI is InChI=1S/C12H22O4Si2/c1-13-17(5,12-9-7-6-8-10-12)11-18(14-2,15-3)16-4/h6-10H,11H2,1-5H3. The number of hydrogen-bond donors (Lipinski definition) is 0. The first kappa shape index (κ1) is 15.6. The summed E-state index contributed by atoms with van der Waals surface area (Å²) in [6.07, 6.45) is 0. The van der Waals surface area contributed by atoms with E-state index in [9.17, 15) is 0 Å². The zero-order valence-electron chi connectivity index (χ0n) is 11.7. The molecule has 0 radical (unpaired) electrons. The van der Waals surface area contributed by atoms with Crippen molar-refractivity contribution in [2.24, 2.45) is 0 Å². The maximum absolute atomic E-state index is 5.82. The van der Waals surface area contributed by atoms with Gasteiger partial charge in [-0.05, 0) is 11.7 Å². The van der Waals surface area contributed by atoms with Crippen molar-refractivity contribution >= 4 is 22.3 Å². The number of rotatable bonds is 7. The molecule has 0 saturated heterocycles. The van der Waals surface area contributed by atoms with Crippen molar-refractivity contribution in [1.29, 1.82) is 0 Å². The molecule has 102 valence electrons. The molecule has 0 aliphatic heterocycles. The molecule has 1 rings (SSSR count). The van der Waals surface area contributed by atoms with Gasteiger partial charge < -0.3 is 17.7 Å². The van der Waals surface area contributed by atoms with E-state index in [1.165, 1.54) is 5.19 Å². The van der Waals surface area contributed by atoms with Gasteiger partial charge in [-0.3, -0.25) is 0 Å². The van der Waals surface area contributed by atoms with E-state index in [0.717, 1.165) is 0 Å². The fraction of sp³-hybridized carbons (Fsp3) is 0.500. The Labute approximate surface area is 111 Å². The number of hydrogen-bond acceptors (Lipinski definition) is 4. The van der Waals surface area contributed by atoms with Crippen LogP contribution in [0.3, 0.4) is 0 Å². The van der Waals surface area contributed by atoms with E-state index in [4.69, 9.17) is 17.7 Å². The van der Waals surface area contributed by atoms with Crippen LogP contribution in [0.2, 0.25) is 12.2 Å². The van der Waals surface area contributed by atoms with Gasteiger partial charge >= 0.3 is 8.80 Å². The lowest BCUT2D eigenvalue weighted by Crippen LogP contribution is -2.57. The highest BCUT2D eigenvalue weighted by atomic mass is 28.4. The molecule has 0 amide bonds. The second kappa shape index (κ2) is 6.60. The SMILES string of the molecule is CO[Si](C[Si](C)(OC)c1ccccc1)(OC)OC. The largest absolute Gasteiger partial charge is 0.499 e. The summed E-state index contributed by atoms with van der Waals surface area (Å²) in [6.45, 7) is 2.15. The first-order chi connectivity index (χ1) is 8.55. The van der Waals surface area contributed by atoms with Crippen LogP contribution in [0.4, 0.5) is 0 Å². The third kappa shape index (κ3) is 3.28. The molecule has 0 spiro atoms. The van der Waals surface area contributed by atoms with E-state index in [2.05, 4.69) is 18.7 Å². The highest BCUT2D eigenvalue weighted by Crippen LogP contribution is 2.22. The quantitative estimate of drug-likeness (QED) is 0.713. The van der Waals surface area contributed by atoms with Gasteiger partial charge in [-0.15, -0.1) is 0 Å². The molecular weight excluding hydrogens is 264 g/mol. The fourth-order valence-electron chi connectivity index (χ4n) is 1.96. The summed E-state index contributed by atoms with van der Waals surface area (Å²) >= 11 is 0. The highest BCUT2D eigenvalue weighted by Gasteiger charge is 2.48. The van der Waals surface area contributed by atoms with Crippen molar-refractivity contribution in [3.8, 4) is 0 Å². The van der Waals surface area contributed by atoms with Crippen LogP contribution in [-0.4, -0.2) is 45.6 Å². The first-order valence-electron chi connectivity index (χ1n) is 5.82. The maximum atomic E-state index is 5.82. The van der Waals surface area contributed by atoms with E-state index in [1.54, 1.807) is 28.4 Å². The third-order valence-corrected chi connectivity index (χ3v) is 12.1. The van der Waals surface area contributed by atoms with Gasteiger partial charge in [-0.1, -0.05) is 30.3 Å². The second-order valence-electron chi connectivity index (χ2n) is 4.27. The van der Waals surface area contributed by atoms with Crippen LogP contribution in [-0.2, 0) is 17.7 Å². The Bertz CT molecular complexity index is 348. The molecule has 1 aromatic rings. The zero-order valence-corrected chi connectivity index (χ0v) is 13.7. The average Bonchev–Trinajstić information content (AvgIpc) is 2.46. The molecule has 18 heavy (non-hydrogen) atoms. The lowest BCUT2D eigenvalue weighted by atomic mass is 10.4. The summed E-state index contributed by atoms with van der Waals surface area (Å²) in [4.78, 5) is 0. The summed E-state index contributed by atoms with van der Waals surface area (Å²) in [7, 11) is 1.92. The second-order valence-corrected chi connectivity index (χ2v) is 11.7. The summed E-state index contributed by atoms with van der Waals surface area (Å²) in [5, 5.41) is 1.22. The lowest BCUT2D eigenvalue weighted by molar-refractivity contribution is 0.127. The van der Waals surface area contributed by atoms with Crippen molar-refractivity contribution in [3.63, 3.8) is 0 Å². The monoisotopic (exact) mass is 286 g/mol. The van der Waals surface area contributed by atoms with Gasteiger partial charge in [0.15, 0.2) is 0 Å². The van der Waals surface area contributed by atoms with Crippen LogP contribution >= 0.6 is 0 Å². The van der Waals surface area contributed by atoms with E-state index in [1.807, 2.05) is 18.2 Å². The topological polar surface area (TPSA) is 36.9 Å². The van der Waals surface area contributed by atoms with Crippen LogP contribution in [0.5, 0.6) is 0 Å². The minimum absolute atomic E-state index is 0.698. The van der Waals surface area contributed by atoms with Crippen LogP contribution in [0, 0.1) is 0 Å². The van der Waals surface area contributed by atoms with Crippen molar-refractivity contribution in [2.45, 2.75) is 12.2 Å². The Balaban J connectivity index is 3.02. The van der Waals surface area contributed by atoms with E-state index in [-0.39, 0.29) is 0 Å². The molecule has 0 aliphatic rings. The molecular formula is C12H22O4Si2. The molecule has 0 aliphatic carbocycles. The normalized spacial score (nSPS) is 15.4. The van der Waals surface area contributed by atoms with Crippen molar-refractivity contribution in [1.82, 2.24) is 0 Å². The molecule has 4 nitrogen and oxygen atoms in total. The summed E-state index contributed by atoms with van der Waals surface area (Å²) in [6, 6.07) is 10.2.